The van der Waals surface area contributed by atoms with E-state index in [-0.39, 0.29) is 11.2 Å². The van der Waals surface area contributed by atoms with Crippen LogP contribution in [0.15, 0.2) is 12.1 Å². The molecule has 0 bridgehead atoms. The molecule has 0 amide bonds. The molecule has 0 saturated carbocycles. The van der Waals surface area contributed by atoms with E-state index in [1.54, 1.807) is 6.07 Å². The van der Waals surface area contributed by atoms with Gasteiger partial charge in [0.2, 0.25) is 0 Å². The average molecular weight is 223 g/mol. The number of ether oxygens (including phenoxy) is 1. The smallest absolute Gasteiger partial charge is 0.127 e. The molecule has 16 heavy (non-hydrogen) atoms. The van der Waals surface area contributed by atoms with Gasteiger partial charge in [0, 0.05) is 29.6 Å². The predicted octanol–water partition coefficient (Wildman–Crippen LogP) is 2.61. The summed E-state index contributed by atoms with van der Waals surface area (Å²) in [4.78, 5) is 0. The highest BCUT2D eigenvalue weighted by Crippen LogP contribution is 2.36. The summed E-state index contributed by atoms with van der Waals surface area (Å²) in [6.07, 6.45) is 0. The molecule has 1 aromatic rings. The third kappa shape index (κ3) is 1.80. The summed E-state index contributed by atoms with van der Waals surface area (Å²) in [7, 11) is 0. The average Bonchev–Trinajstić information content (AvgIpc) is 2.21. The standard InChI is InChI=1S/C13H18FNO/c1-4-16-11-6-5-10(14)12-9(11)7-15-8-13(12,2)3/h5-6,15H,4,7-8H2,1-3H3. The van der Waals surface area contributed by atoms with Crippen molar-refractivity contribution in [2.24, 2.45) is 0 Å². The summed E-state index contributed by atoms with van der Waals surface area (Å²) in [6, 6.07) is 3.23. The second-order valence-corrected chi connectivity index (χ2v) is 4.82. The fourth-order valence-corrected chi connectivity index (χ4v) is 2.39. The lowest BCUT2D eigenvalue weighted by Crippen LogP contribution is -2.39. The molecular weight excluding hydrogens is 205 g/mol. The van der Waals surface area contributed by atoms with Crippen molar-refractivity contribution in [2.75, 3.05) is 13.2 Å². The summed E-state index contributed by atoms with van der Waals surface area (Å²) in [5, 5.41) is 3.31. The quantitative estimate of drug-likeness (QED) is 0.832. The second kappa shape index (κ2) is 4.06. The summed E-state index contributed by atoms with van der Waals surface area (Å²) < 4.78 is 19.4. The molecule has 0 aliphatic carbocycles. The lowest BCUT2D eigenvalue weighted by Gasteiger charge is -2.34. The number of rotatable bonds is 2. The van der Waals surface area contributed by atoms with Crippen LogP contribution in [0.25, 0.3) is 0 Å². The van der Waals surface area contributed by atoms with E-state index in [0.29, 0.717) is 13.2 Å². The van der Waals surface area contributed by atoms with Crippen LogP contribution >= 0.6 is 0 Å². The number of hydrogen-bond donors (Lipinski definition) is 1. The topological polar surface area (TPSA) is 21.3 Å². The van der Waals surface area contributed by atoms with E-state index in [4.69, 9.17) is 4.74 Å². The zero-order valence-electron chi connectivity index (χ0n) is 10.1. The van der Waals surface area contributed by atoms with Crippen LogP contribution in [0.4, 0.5) is 4.39 Å². The van der Waals surface area contributed by atoms with Gasteiger partial charge in [0.15, 0.2) is 0 Å². The molecular formula is C13H18FNO. The number of halogens is 1. The van der Waals surface area contributed by atoms with Gasteiger partial charge in [-0.15, -0.1) is 0 Å². The van der Waals surface area contributed by atoms with Gasteiger partial charge in [0.25, 0.3) is 0 Å². The van der Waals surface area contributed by atoms with Crippen LogP contribution in [0.1, 0.15) is 31.9 Å². The Bertz CT molecular complexity index is 401. The Morgan fingerprint density at radius 3 is 2.88 bits per heavy atom. The molecule has 1 N–H and O–H groups in total. The Balaban J connectivity index is 2.56. The van der Waals surface area contributed by atoms with Gasteiger partial charge in [-0.1, -0.05) is 13.8 Å². The van der Waals surface area contributed by atoms with Crippen LogP contribution in [0.2, 0.25) is 0 Å². The normalized spacial score (nSPS) is 18.0. The van der Waals surface area contributed by atoms with Crippen molar-refractivity contribution >= 4 is 0 Å². The summed E-state index contributed by atoms with van der Waals surface area (Å²) >= 11 is 0. The Kier molecular flexibility index (Phi) is 2.89. The van der Waals surface area contributed by atoms with Gasteiger partial charge >= 0.3 is 0 Å². The van der Waals surface area contributed by atoms with E-state index >= 15 is 0 Å². The van der Waals surface area contributed by atoms with Crippen molar-refractivity contribution in [3.8, 4) is 5.75 Å². The monoisotopic (exact) mass is 223 g/mol. The molecule has 3 heteroatoms. The molecule has 1 aliphatic rings. The van der Waals surface area contributed by atoms with Gasteiger partial charge in [-0.25, -0.2) is 4.39 Å². The molecule has 0 saturated heterocycles. The fourth-order valence-electron chi connectivity index (χ4n) is 2.39. The van der Waals surface area contributed by atoms with Crippen LogP contribution in [0.5, 0.6) is 5.75 Å². The zero-order chi connectivity index (χ0) is 11.8. The van der Waals surface area contributed by atoms with Gasteiger partial charge in [0.05, 0.1) is 6.61 Å². The van der Waals surface area contributed by atoms with E-state index in [2.05, 4.69) is 19.2 Å². The molecule has 1 aliphatic heterocycles. The fraction of sp³-hybridized carbons (Fsp3) is 0.538. The molecule has 0 fully saturated rings. The van der Waals surface area contributed by atoms with Crippen molar-refractivity contribution in [1.29, 1.82) is 0 Å². The number of hydrogen-bond acceptors (Lipinski definition) is 2. The van der Waals surface area contributed by atoms with Gasteiger partial charge in [-0.3, -0.25) is 0 Å². The lowest BCUT2D eigenvalue weighted by atomic mass is 9.78. The van der Waals surface area contributed by atoms with Gasteiger partial charge < -0.3 is 10.1 Å². The largest absolute Gasteiger partial charge is 0.494 e. The van der Waals surface area contributed by atoms with Crippen LogP contribution < -0.4 is 10.1 Å². The van der Waals surface area contributed by atoms with E-state index in [1.807, 2.05) is 6.92 Å². The molecule has 2 nitrogen and oxygen atoms in total. The minimum absolute atomic E-state index is 0.120. The van der Waals surface area contributed by atoms with Crippen molar-refractivity contribution in [1.82, 2.24) is 5.32 Å². The van der Waals surface area contributed by atoms with Crippen LogP contribution in [-0.4, -0.2) is 13.2 Å². The molecule has 2 rings (SSSR count). The van der Waals surface area contributed by atoms with Crippen LogP contribution in [0, 0.1) is 5.82 Å². The Labute approximate surface area is 95.8 Å². The third-order valence-electron chi connectivity index (χ3n) is 3.06. The van der Waals surface area contributed by atoms with E-state index in [9.17, 15) is 4.39 Å². The minimum Gasteiger partial charge on any atom is -0.494 e. The maximum absolute atomic E-state index is 13.9. The van der Waals surface area contributed by atoms with Gasteiger partial charge in [-0.05, 0) is 19.1 Å². The first kappa shape index (κ1) is 11.4. The third-order valence-corrected chi connectivity index (χ3v) is 3.06. The first-order valence-corrected chi connectivity index (χ1v) is 5.71. The van der Waals surface area contributed by atoms with Gasteiger partial charge in [-0.2, -0.15) is 0 Å². The lowest BCUT2D eigenvalue weighted by molar-refractivity contribution is 0.324. The minimum atomic E-state index is -0.176. The van der Waals surface area contributed by atoms with Gasteiger partial charge in [0.1, 0.15) is 11.6 Å². The number of fused-ring (bicyclic) bond motifs is 1. The second-order valence-electron chi connectivity index (χ2n) is 4.82. The molecule has 0 radical (unpaired) electrons. The molecule has 0 aromatic heterocycles. The SMILES string of the molecule is CCOc1ccc(F)c2c1CNCC2(C)C. The van der Waals surface area contributed by atoms with Crippen LogP contribution in [-0.2, 0) is 12.0 Å². The maximum Gasteiger partial charge on any atom is 0.127 e. The zero-order valence-corrected chi connectivity index (χ0v) is 10.1. The molecule has 0 atom stereocenters. The first-order valence-electron chi connectivity index (χ1n) is 5.71. The highest BCUT2D eigenvalue weighted by atomic mass is 19.1. The first-order chi connectivity index (χ1) is 7.56. The highest BCUT2D eigenvalue weighted by Gasteiger charge is 2.32. The Morgan fingerprint density at radius 2 is 2.19 bits per heavy atom. The highest BCUT2D eigenvalue weighted by molar-refractivity contribution is 5.46. The maximum atomic E-state index is 13.9. The predicted molar refractivity (Wildman–Crippen MR) is 62.3 cm³/mol. The molecule has 1 heterocycles. The van der Waals surface area contributed by atoms with Crippen LogP contribution in [0.3, 0.4) is 0 Å². The van der Waals surface area contributed by atoms with Crippen molar-refractivity contribution in [3.05, 3.63) is 29.1 Å². The Hall–Kier alpha value is -1.09. The number of benzene rings is 1. The summed E-state index contributed by atoms with van der Waals surface area (Å²) in [5.41, 5.74) is 1.60. The molecule has 88 valence electrons. The van der Waals surface area contributed by atoms with Crippen molar-refractivity contribution in [3.63, 3.8) is 0 Å². The van der Waals surface area contributed by atoms with E-state index in [1.165, 1.54) is 6.07 Å². The molecule has 1 aromatic carbocycles. The summed E-state index contributed by atoms with van der Waals surface area (Å²) in [5.74, 6) is 0.684. The Morgan fingerprint density at radius 1 is 1.44 bits per heavy atom. The van der Waals surface area contributed by atoms with Crippen molar-refractivity contribution < 1.29 is 9.13 Å². The summed E-state index contributed by atoms with van der Waals surface area (Å²) in [6.45, 7) is 8.14. The van der Waals surface area contributed by atoms with E-state index < -0.39 is 0 Å². The number of nitrogens with one attached hydrogen (secondary N) is 1. The van der Waals surface area contributed by atoms with Crippen molar-refractivity contribution in [2.45, 2.75) is 32.7 Å². The van der Waals surface area contributed by atoms with E-state index in [0.717, 1.165) is 23.4 Å². The molecule has 0 unspecified atom stereocenters. The molecule has 0 spiro atoms.